The van der Waals surface area contributed by atoms with Crippen molar-refractivity contribution in [2.24, 2.45) is 11.0 Å². The summed E-state index contributed by atoms with van der Waals surface area (Å²) < 4.78 is 5.21. The molecule has 1 N–H and O–H groups in total. The van der Waals surface area contributed by atoms with E-state index in [2.05, 4.69) is 15.3 Å². The lowest BCUT2D eigenvalue weighted by Gasteiger charge is -2.34. The molecule has 8 nitrogen and oxygen atoms in total. The van der Waals surface area contributed by atoms with E-state index in [-0.39, 0.29) is 24.5 Å². The number of hydrogen-bond acceptors (Lipinski definition) is 4. The first-order valence-corrected chi connectivity index (χ1v) is 8.24. The van der Waals surface area contributed by atoms with Crippen molar-refractivity contribution in [1.29, 1.82) is 0 Å². The Bertz CT molecular complexity index is 643. The van der Waals surface area contributed by atoms with Crippen LogP contribution in [-0.2, 0) is 16.1 Å². The number of carbonyl (C=O) groups is 2. The molecule has 1 saturated carbocycles. The standard InChI is InChI=1S/C17H23N5O3/c1-22(2)16(23)13-8-9-14(15(10-13)20-21-18)19-17(24)25-11-12-6-4-3-5-7-12/h3-7,13-15H,8-11H2,1-2H3,(H,19,24)/t13-,14-,15+/m0/s1. The van der Waals surface area contributed by atoms with Gasteiger partial charge in [0, 0.05) is 31.0 Å². The molecule has 0 aliphatic heterocycles. The average molecular weight is 345 g/mol. The minimum absolute atomic E-state index is 0.0169. The van der Waals surface area contributed by atoms with E-state index in [1.54, 1.807) is 19.0 Å². The van der Waals surface area contributed by atoms with E-state index in [1.807, 2.05) is 30.3 Å². The van der Waals surface area contributed by atoms with Gasteiger partial charge in [0.05, 0.1) is 6.04 Å². The Labute approximate surface area is 146 Å². The topological polar surface area (TPSA) is 107 Å². The number of ether oxygens (including phenoxy) is 1. The highest BCUT2D eigenvalue weighted by molar-refractivity contribution is 5.78. The molecule has 8 heteroatoms. The highest BCUT2D eigenvalue weighted by atomic mass is 16.5. The van der Waals surface area contributed by atoms with Crippen molar-refractivity contribution in [3.05, 3.63) is 46.3 Å². The van der Waals surface area contributed by atoms with Gasteiger partial charge in [-0.25, -0.2) is 4.79 Å². The zero-order valence-electron chi connectivity index (χ0n) is 14.5. The molecular formula is C17H23N5O3. The predicted octanol–water partition coefficient (Wildman–Crippen LogP) is 2.85. The lowest BCUT2D eigenvalue weighted by atomic mass is 9.82. The molecule has 0 bridgehead atoms. The maximum absolute atomic E-state index is 12.1. The molecular weight excluding hydrogens is 322 g/mol. The minimum atomic E-state index is -0.552. The van der Waals surface area contributed by atoms with Gasteiger partial charge in [-0.1, -0.05) is 35.4 Å². The molecule has 134 valence electrons. The highest BCUT2D eigenvalue weighted by Gasteiger charge is 2.35. The summed E-state index contributed by atoms with van der Waals surface area (Å²) in [5, 5.41) is 6.53. The monoisotopic (exact) mass is 345 g/mol. The van der Waals surface area contributed by atoms with Crippen LogP contribution in [-0.4, -0.2) is 43.1 Å². The molecule has 2 rings (SSSR count). The highest BCUT2D eigenvalue weighted by Crippen LogP contribution is 2.28. The van der Waals surface area contributed by atoms with Crippen LogP contribution in [0.5, 0.6) is 0 Å². The number of nitrogens with one attached hydrogen (secondary N) is 1. The predicted molar refractivity (Wildman–Crippen MR) is 92.5 cm³/mol. The van der Waals surface area contributed by atoms with Crippen molar-refractivity contribution >= 4 is 12.0 Å². The number of hydrogen-bond donors (Lipinski definition) is 1. The maximum Gasteiger partial charge on any atom is 0.407 e. The van der Waals surface area contributed by atoms with Gasteiger partial charge in [-0.2, -0.15) is 0 Å². The lowest BCUT2D eigenvalue weighted by molar-refractivity contribution is -0.134. The summed E-state index contributed by atoms with van der Waals surface area (Å²) >= 11 is 0. The first-order valence-electron chi connectivity index (χ1n) is 8.24. The van der Waals surface area contributed by atoms with Crippen LogP contribution < -0.4 is 5.32 Å². The molecule has 1 aliphatic carbocycles. The summed E-state index contributed by atoms with van der Waals surface area (Å²) in [5.41, 5.74) is 9.67. The van der Waals surface area contributed by atoms with Gasteiger partial charge in [-0.3, -0.25) is 4.79 Å². The maximum atomic E-state index is 12.1. The lowest BCUT2D eigenvalue weighted by Crippen LogP contribution is -2.48. The van der Waals surface area contributed by atoms with E-state index in [0.29, 0.717) is 19.3 Å². The average Bonchev–Trinajstić information content (AvgIpc) is 2.62. The number of amides is 2. The molecule has 3 atom stereocenters. The molecule has 0 heterocycles. The molecule has 0 radical (unpaired) electrons. The van der Waals surface area contributed by atoms with Crippen molar-refractivity contribution < 1.29 is 14.3 Å². The number of rotatable bonds is 5. The Morgan fingerprint density at radius 1 is 1.32 bits per heavy atom. The summed E-state index contributed by atoms with van der Waals surface area (Å²) in [5.74, 6) is -0.174. The third-order valence-corrected chi connectivity index (χ3v) is 4.32. The van der Waals surface area contributed by atoms with Crippen LogP contribution in [0.25, 0.3) is 10.4 Å². The number of azide groups is 1. The summed E-state index contributed by atoms with van der Waals surface area (Å²) in [6, 6.07) is 8.58. The Balaban J connectivity index is 1.90. The van der Waals surface area contributed by atoms with Crippen LogP contribution in [0.1, 0.15) is 24.8 Å². The number of nitrogens with zero attached hydrogens (tertiary/aromatic N) is 4. The number of carbonyl (C=O) groups excluding carboxylic acids is 2. The van der Waals surface area contributed by atoms with Crippen LogP contribution in [0.4, 0.5) is 4.79 Å². The Kier molecular flexibility index (Phi) is 6.65. The molecule has 25 heavy (non-hydrogen) atoms. The van der Waals surface area contributed by atoms with Gasteiger partial charge in [-0.15, -0.1) is 0 Å². The second-order valence-electron chi connectivity index (χ2n) is 6.33. The Hall–Kier alpha value is -2.73. The van der Waals surface area contributed by atoms with E-state index >= 15 is 0 Å². The largest absolute Gasteiger partial charge is 0.445 e. The van der Waals surface area contributed by atoms with Crippen molar-refractivity contribution in [3.63, 3.8) is 0 Å². The van der Waals surface area contributed by atoms with Gasteiger partial charge in [0.15, 0.2) is 0 Å². The molecule has 2 amide bonds. The fraction of sp³-hybridized carbons (Fsp3) is 0.529. The van der Waals surface area contributed by atoms with Crippen LogP contribution in [0.3, 0.4) is 0 Å². The summed E-state index contributed by atoms with van der Waals surface area (Å²) in [4.78, 5) is 28.5. The summed E-state index contributed by atoms with van der Waals surface area (Å²) in [6.07, 6.45) is 1.07. The minimum Gasteiger partial charge on any atom is -0.445 e. The molecule has 1 aromatic rings. The van der Waals surface area contributed by atoms with Crippen LogP contribution in [0, 0.1) is 5.92 Å². The van der Waals surface area contributed by atoms with Gasteiger partial charge in [0.25, 0.3) is 0 Å². The van der Waals surface area contributed by atoms with Gasteiger partial charge in [0.1, 0.15) is 6.61 Å². The molecule has 1 aliphatic rings. The van der Waals surface area contributed by atoms with Gasteiger partial charge < -0.3 is 15.0 Å². The smallest absolute Gasteiger partial charge is 0.407 e. The van der Waals surface area contributed by atoms with Crippen LogP contribution >= 0.6 is 0 Å². The molecule has 0 unspecified atom stereocenters. The van der Waals surface area contributed by atoms with Gasteiger partial charge in [0.2, 0.25) is 5.91 Å². The van der Waals surface area contributed by atoms with E-state index in [9.17, 15) is 9.59 Å². The number of benzene rings is 1. The SMILES string of the molecule is CN(C)C(=O)[C@H]1CC[C@H](NC(=O)OCc2ccccc2)[C@H](N=[N+]=[N-])C1. The van der Waals surface area contributed by atoms with Crippen molar-refractivity contribution in [3.8, 4) is 0 Å². The van der Waals surface area contributed by atoms with Crippen molar-refractivity contribution in [1.82, 2.24) is 10.2 Å². The second kappa shape index (κ2) is 8.94. The van der Waals surface area contributed by atoms with E-state index in [4.69, 9.17) is 10.3 Å². The Morgan fingerprint density at radius 2 is 2.04 bits per heavy atom. The molecule has 0 aromatic heterocycles. The van der Waals surface area contributed by atoms with E-state index in [1.165, 1.54) is 0 Å². The van der Waals surface area contributed by atoms with E-state index in [0.717, 1.165) is 5.56 Å². The van der Waals surface area contributed by atoms with Crippen molar-refractivity contribution in [2.45, 2.75) is 38.0 Å². The zero-order valence-corrected chi connectivity index (χ0v) is 14.5. The normalized spacial score (nSPS) is 22.4. The zero-order chi connectivity index (χ0) is 18.2. The quantitative estimate of drug-likeness (QED) is 0.503. The molecule has 0 saturated heterocycles. The third kappa shape index (κ3) is 5.39. The molecule has 1 aromatic carbocycles. The molecule has 0 spiro atoms. The summed E-state index contributed by atoms with van der Waals surface area (Å²) in [7, 11) is 3.41. The summed E-state index contributed by atoms with van der Waals surface area (Å²) in [6.45, 7) is 0.174. The van der Waals surface area contributed by atoms with Gasteiger partial charge in [-0.05, 0) is 30.4 Å². The number of alkyl carbamates (subject to hydrolysis) is 1. The van der Waals surface area contributed by atoms with Crippen molar-refractivity contribution in [2.75, 3.05) is 14.1 Å². The first kappa shape index (κ1) is 18.6. The second-order valence-corrected chi connectivity index (χ2v) is 6.33. The Morgan fingerprint density at radius 3 is 2.68 bits per heavy atom. The van der Waals surface area contributed by atoms with Gasteiger partial charge >= 0.3 is 6.09 Å². The van der Waals surface area contributed by atoms with Crippen LogP contribution in [0.2, 0.25) is 0 Å². The first-order chi connectivity index (χ1) is 12.0. The van der Waals surface area contributed by atoms with Crippen LogP contribution in [0.15, 0.2) is 35.4 Å². The fourth-order valence-electron chi connectivity index (χ4n) is 3.01. The van der Waals surface area contributed by atoms with E-state index < -0.39 is 12.1 Å². The fourth-order valence-corrected chi connectivity index (χ4v) is 3.01. The molecule has 1 fully saturated rings. The third-order valence-electron chi connectivity index (χ3n) is 4.32.